The highest BCUT2D eigenvalue weighted by molar-refractivity contribution is 6.30. The van der Waals surface area contributed by atoms with Gasteiger partial charge in [-0.25, -0.2) is 4.39 Å². The lowest BCUT2D eigenvalue weighted by molar-refractivity contribution is 0.542. The van der Waals surface area contributed by atoms with Crippen LogP contribution in [-0.4, -0.2) is 13.1 Å². The van der Waals surface area contributed by atoms with E-state index < -0.39 is 0 Å². The van der Waals surface area contributed by atoms with E-state index in [0.29, 0.717) is 11.6 Å². The lowest BCUT2D eigenvalue weighted by Gasteiger charge is -2.17. The molecule has 0 fully saturated rings. The van der Waals surface area contributed by atoms with Crippen LogP contribution >= 0.6 is 11.6 Å². The summed E-state index contributed by atoms with van der Waals surface area (Å²) in [6, 6.07) is 4.38. The minimum atomic E-state index is -0.341. The molecule has 0 aliphatic carbocycles. The summed E-state index contributed by atoms with van der Waals surface area (Å²) in [5.41, 5.74) is 6.41. The van der Waals surface area contributed by atoms with Gasteiger partial charge < -0.3 is 11.1 Å². The zero-order valence-corrected chi connectivity index (χ0v) is 9.80. The fourth-order valence-corrected chi connectivity index (χ4v) is 1.70. The molecule has 0 spiro atoms. The molecule has 0 aromatic heterocycles. The van der Waals surface area contributed by atoms with Gasteiger partial charge in [-0.2, -0.15) is 0 Å². The molecule has 0 aliphatic heterocycles. The summed E-state index contributed by atoms with van der Waals surface area (Å²) < 4.78 is 13.1. The summed E-state index contributed by atoms with van der Waals surface area (Å²) in [6.45, 7) is 4.80. The first-order valence-corrected chi connectivity index (χ1v) is 5.55. The van der Waals surface area contributed by atoms with Crippen LogP contribution in [0.15, 0.2) is 30.9 Å². The summed E-state index contributed by atoms with van der Waals surface area (Å²) >= 11 is 5.79. The lowest BCUT2D eigenvalue weighted by atomic mass is 10.1. The van der Waals surface area contributed by atoms with Crippen molar-refractivity contribution in [2.24, 2.45) is 5.73 Å². The molecule has 0 heterocycles. The molecule has 16 heavy (non-hydrogen) atoms. The summed E-state index contributed by atoms with van der Waals surface area (Å²) in [4.78, 5) is 0. The third kappa shape index (κ3) is 3.93. The van der Waals surface area contributed by atoms with Crippen molar-refractivity contribution >= 4 is 11.6 Å². The molecule has 2 nitrogen and oxygen atoms in total. The smallest absolute Gasteiger partial charge is 0.125 e. The Kier molecular flexibility index (Phi) is 5.46. The Balaban J connectivity index is 2.73. The molecule has 1 aromatic rings. The van der Waals surface area contributed by atoms with Gasteiger partial charge in [0.1, 0.15) is 5.82 Å². The van der Waals surface area contributed by atoms with Gasteiger partial charge in [0.15, 0.2) is 0 Å². The summed E-state index contributed by atoms with van der Waals surface area (Å²) in [5.74, 6) is -0.341. The average Bonchev–Trinajstić information content (AvgIpc) is 2.23. The Labute approximate surface area is 100 Å². The van der Waals surface area contributed by atoms with E-state index in [-0.39, 0.29) is 11.9 Å². The molecule has 1 aromatic carbocycles. The van der Waals surface area contributed by atoms with Crippen LogP contribution in [0.3, 0.4) is 0 Å². The van der Waals surface area contributed by atoms with Gasteiger partial charge in [-0.05, 0) is 36.7 Å². The molecule has 4 heteroatoms. The Morgan fingerprint density at radius 1 is 1.50 bits per heavy atom. The van der Waals surface area contributed by atoms with E-state index in [1.165, 1.54) is 12.1 Å². The monoisotopic (exact) mass is 242 g/mol. The van der Waals surface area contributed by atoms with Crippen molar-refractivity contribution in [1.29, 1.82) is 0 Å². The molecule has 1 rings (SSSR count). The Morgan fingerprint density at radius 3 is 2.81 bits per heavy atom. The van der Waals surface area contributed by atoms with Gasteiger partial charge in [-0.1, -0.05) is 17.7 Å². The summed E-state index contributed by atoms with van der Waals surface area (Å²) in [5, 5.41) is 3.61. The molecular weight excluding hydrogens is 227 g/mol. The number of benzene rings is 1. The second kappa shape index (κ2) is 6.63. The van der Waals surface area contributed by atoms with Crippen molar-refractivity contribution < 1.29 is 4.39 Å². The van der Waals surface area contributed by atoms with E-state index in [1.807, 2.05) is 6.08 Å². The molecule has 3 N–H and O–H groups in total. The van der Waals surface area contributed by atoms with Crippen molar-refractivity contribution in [2.75, 3.05) is 13.1 Å². The van der Waals surface area contributed by atoms with Crippen LogP contribution in [0.2, 0.25) is 5.02 Å². The first-order chi connectivity index (χ1) is 7.67. The van der Waals surface area contributed by atoms with Crippen molar-refractivity contribution in [3.63, 3.8) is 0 Å². The number of rotatable bonds is 6. The quantitative estimate of drug-likeness (QED) is 0.595. The molecule has 0 saturated carbocycles. The van der Waals surface area contributed by atoms with E-state index in [1.54, 1.807) is 6.07 Å². The predicted octanol–water partition coefficient (Wildman–Crippen LogP) is 2.64. The third-order valence-corrected chi connectivity index (χ3v) is 2.48. The van der Waals surface area contributed by atoms with E-state index in [4.69, 9.17) is 17.3 Å². The zero-order chi connectivity index (χ0) is 12.0. The second-order valence-corrected chi connectivity index (χ2v) is 3.96. The van der Waals surface area contributed by atoms with Crippen molar-refractivity contribution in [3.05, 3.63) is 47.3 Å². The second-order valence-electron chi connectivity index (χ2n) is 3.52. The minimum Gasteiger partial charge on any atom is -0.329 e. The van der Waals surface area contributed by atoms with Gasteiger partial charge in [0.05, 0.1) is 0 Å². The van der Waals surface area contributed by atoms with Gasteiger partial charge in [-0.3, -0.25) is 0 Å². The maximum absolute atomic E-state index is 13.1. The SMILES string of the molecule is C=CCCNC(CN)c1cc(F)cc(Cl)c1. The van der Waals surface area contributed by atoms with Crippen LogP contribution < -0.4 is 11.1 Å². The van der Waals surface area contributed by atoms with Crippen LogP contribution in [0.4, 0.5) is 4.39 Å². The zero-order valence-electron chi connectivity index (χ0n) is 9.05. The maximum Gasteiger partial charge on any atom is 0.125 e. The van der Waals surface area contributed by atoms with E-state index in [9.17, 15) is 4.39 Å². The third-order valence-electron chi connectivity index (χ3n) is 2.26. The first kappa shape index (κ1) is 13.2. The van der Waals surface area contributed by atoms with Crippen LogP contribution in [0.1, 0.15) is 18.0 Å². The Bertz CT molecular complexity index is 335. The maximum atomic E-state index is 13.1. The molecule has 1 atom stereocenters. The molecule has 88 valence electrons. The van der Waals surface area contributed by atoms with E-state index >= 15 is 0 Å². The normalized spacial score (nSPS) is 12.4. The van der Waals surface area contributed by atoms with Gasteiger partial charge >= 0.3 is 0 Å². The highest BCUT2D eigenvalue weighted by Gasteiger charge is 2.10. The topological polar surface area (TPSA) is 38.0 Å². The predicted molar refractivity (Wildman–Crippen MR) is 66.0 cm³/mol. The van der Waals surface area contributed by atoms with Gasteiger partial charge in [-0.15, -0.1) is 6.58 Å². The molecule has 0 aliphatic rings. The standard InChI is InChI=1S/C12H16ClFN2/c1-2-3-4-16-12(8-15)9-5-10(13)7-11(14)6-9/h2,5-7,12,16H,1,3-4,8,15H2. The number of nitrogens with one attached hydrogen (secondary N) is 1. The Hall–Kier alpha value is -0.900. The fourth-order valence-electron chi connectivity index (χ4n) is 1.47. The average molecular weight is 243 g/mol. The van der Waals surface area contributed by atoms with Crippen molar-refractivity contribution in [2.45, 2.75) is 12.5 Å². The summed E-state index contributed by atoms with van der Waals surface area (Å²) in [7, 11) is 0. The number of nitrogens with two attached hydrogens (primary N) is 1. The van der Waals surface area contributed by atoms with Gasteiger partial charge in [0.25, 0.3) is 0 Å². The highest BCUT2D eigenvalue weighted by Crippen LogP contribution is 2.19. The lowest BCUT2D eigenvalue weighted by Crippen LogP contribution is -2.28. The highest BCUT2D eigenvalue weighted by atomic mass is 35.5. The van der Waals surface area contributed by atoms with Gasteiger partial charge in [0, 0.05) is 17.6 Å². The Morgan fingerprint density at radius 2 is 2.25 bits per heavy atom. The molecule has 0 radical (unpaired) electrons. The van der Waals surface area contributed by atoms with E-state index in [2.05, 4.69) is 11.9 Å². The fraction of sp³-hybridized carbons (Fsp3) is 0.333. The molecule has 1 unspecified atom stereocenters. The first-order valence-electron chi connectivity index (χ1n) is 5.17. The number of hydrogen-bond acceptors (Lipinski definition) is 2. The molecular formula is C12H16ClFN2. The number of hydrogen-bond donors (Lipinski definition) is 2. The van der Waals surface area contributed by atoms with Crippen LogP contribution in [-0.2, 0) is 0 Å². The van der Waals surface area contributed by atoms with Gasteiger partial charge in [0.2, 0.25) is 0 Å². The van der Waals surface area contributed by atoms with Crippen LogP contribution in [0, 0.1) is 5.82 Å². The summed E-state index contributed by atoms with van der Waals surface area (Å²) in [6.07, 6.45) is 2.67. The minimum absolute atomic E-state index is 0.0758. The molecule has 0 amide bonds. The largest absolute Gasteiger partial charge is 0.329 e. The van der Waals surface area contributed by atoms with Crippen molar-refractivity contribution in [3.8, 4) is 0 Å². The van der Waals surface area contributed by atoms with E-state index in [0.717, 1.165) is 18.5 Å². The molecule has 0 saturated heterocycles. The van der Waals surface area contributed by atoms with Crippen LogP contribution in [0.25, 0.3) is 0 Å². The number of halogens is 2. The van der Waals surface area contributed by atoms with Crippen molar-refractivity contribution in [1.82, 2.24) is 5.32 Å². The van der Waals surface area contributed by atoms with Crippen LogP contribution in [0.5, 0.6) is 0 Å². The molecule has 0 bridgehead atoms.